The number of nitrogens with two attached hydrogens (primary N) is 1. The normalized spacial score (nSPS) is 21.6. The summed E-state index contributed by atoms with van der Waals surface area (Å²) in [6.45, 7) is 12.0. The van der Waals surface area contributed by atoms with Crippen molar-refractivity contribution in [3.63, 3.8) is 0 Å². The summed E-state index contributed by atoms with van der Waals surface area (Å²) in [7, 11) is 0. The molecule has 0 unspecified atom stereocenters. The molecular weight excluding hydrogens is 274 g/mol. The Labute approximate surface area is 126 Å². The van der Waals surface area contributed by atoms with Crippen LogP contribution in [-0.4, -0.2) is 30.7 Å². The topological polar surface area (TPSA) is 62.3 Å². The van der Waals surface area contributed by atoms with Crippen molar-refractivity contribution in [2.45, 2.75) is 26.8 Å². The Morgan fingerprint density at radius 2 is 2.20 bits per heavy atom. The van der Waals surface area contributed by atoms with Crippen molar-refractivity contribution >= 4 is 11.6 Å². The van der Waals surface area contributed by atoms with E-state index < -0.39 is 5.41 Å². The molecule has 1 saturated heterocycles. The van der Waals surface area contributed by atoms with Gasteiger partial charge in [-0.3, -0.25) is 0 Å². The third kappa shape index (κ3) is 4.29. The van der Waals surface area contributed by atoms with Crippen LogP contribution in [0.3, 0.4) is 0 Å². The molecule has 0 aliphatic carbocycles. The number of nitriles is 1. The number of ether oxygens (including phenoxy) is 1. The van der Waals surface area contributed by atoms with Gasteiger partial charge in [0.25, 0.3) is 0 Å². The summed E-state index contributed by atoms with van der Waals surface area (Å²) < 4.78 is 5.41. The van der Waals surface area contributed by atoms with Crippen molar-refractivity contribution < 1.29 is 4.74 Å². The molecule has 1 fully saturated rings. The first-order valence-corrected chi connectivity index (χ1v) is 6.95. The zero-order valence-corrected chi connectivity index (χ0v) is 13.1. The molecule has 4 nitrogen and oxygen atoms in total. The highest BCUT2D eigenvalue weighted by Gasteiger charge is 2.24. The second kappa shape index (κ2) is 6.83. The molecule has 5 heteroatoms. The predicted octanol–water partition coefficient (Wildman–Crippen LogP) is 2.74. The molecule has 0 amide bonds. The fourth-order valence-corrected chi connectivity index (χ4v) is 2.15. The van der Waals surface area contributed by atoms with Gasteiger partial charge in [-0.1, -0.05) is 18.2 Å². The maximum atomic E-state index is 9.29. The maximum Gasteiger partial charge on any atom is 0.0995 e. The van der Waals surface area contributed by atoms with E-state index in [4.69, 9.17) is 22.1 Å². The van der Waals surface area contributed by atoms with Gasteiger partial charge in [-0.15, -0.1) is 0 Å². The van der Waals surface area contributed by atoms with Crippen molar-refractivity contribution in [2.75, 3.05) is 19.8 Å². The molecule has 0 saturated carbocycles. The summed E-state index contributed by atoms with van der Waals surface area (Å²) in [5.41, 5.74) is 6.44. The van der Waals surface area contributed by atoms with Gasteiger partial charge in [0.05, 0.1) is 29.9 Å². The number of allylic oxidation sites excluding steroid dienone is 3. The summed E-state index contributed by atoms with van der Waals surface area (Å²) >= 11 is 5.76. The Balaban J connectivity index is 3.04. The van der Waals surface area contributed by atoms with Crippen LogP contribution in [0.25, 0.3) is 0 Å². The van der Waals surface area contributed by atoms with E-state index in [0.717, 1.165) is 17.8 Å². The van der Waals surface area contributed by atoms with Gasteiger partial charge in [0.1, 0.15) is 0 Å². The monoisotopic (exact) mass is 295 g/mol. The van der Waals surface area contributed by atoms with Gasteiger partial charge in [0.15, 0.2) is 0 Å². The second-order valence-corrected chi connectivity index (χ2v) is 5.91. The van der Waals surface area contributed by atoms with E-state index >= 15 is 0 Å². The van der Waals surface area contributed by atoms with E-state index in [9.17, 15) is 5.26 Å². The number of nitrogens with zero attached hydrogens (tertiary/aromatic N) is 2. The third-order valence-corrected chi connectivity index (χ3v) is 3.46. The lowest BCUT2D eigenvalue weighted by Gasteiger charge is -2.36. The van der Waals surface area contributed by atoms with E-state index in [1.54, 1.807) is 6.08 Å². The Bertz CT molecular complexity index is 470. The Hall–Kier alpha value is -1.44. The number of morpholine rings is 1. The number of hydrogen-bond donors (Lipinski definition) is 1. The van der Waals surface area contributed by atoms with Crippen LogP contribution in [0, 0.1) is 16.7 Å². The SMILES string of the molecule is C=C(/C=C(\C=C(/N)Cl)C(C)(C)C#N)N1CCOC[C@H]1C. The van der Waals surface area contributed by atoms with Gasteiger partial charge in [-0.05, 0) is 38.5 Å². The van der Waals surface area contributed by atoms with Crippen LogP contribution in [0.5, 0.6) is 0 Å². The Kier molecular flexibility index (Phi) is 5.67. The quantitative estimate of drug-likeness (QED) is 0.640. The van der Waals surface area contributed by atoms with E-state index in [-0.39, 0.29) is 11.2 Å². The van der Waals surface area contributed by atoms with Crippen LogP contribution in [-0.2, 0) is 4.74 Å². The molecule has 0 bridgehead atoms. The van der Waals surface area contributed by atoms with E-state index in [1.807, 2.05) is 19.9 Å². The second-order valence-electron chi connectivity index (χ2n) is 5.47. The lowest BCUT2D eigenvalue weighted by Crippen LogP contribution is -2.42. The zero-order chi connectivity index (χ0) is 15.3. The van der Waals surface area contributed by atoms with Gasteiger partial charge in [0, 0.05) is 18.3 Å². The third-order valence-electron chi connectivity index (χ3n) is 3.35. The molecule has 0 aromatic carbocycles. The molecule has 1 aliphatic rings. The molecule has 0 radical (unpaired) electrons. The lowest BCUT2D eigenvalue weighted by atomic mass is 9.85. The minimum absolute atomic E-state index is 0.155. The van der Waals surface area contributed by atoms with Gasteiger partial charge >= 0.3 is 0 Å². The number of hydrogen-bond acceptors (Lipinski definition) is 4. The van der Waals surface area contributed by atoms with Crippen LogP contribution >= 0.6 is 11.6 Å². The van der Waals surface area contributed by atoms with Gasteiger partial charge in [-0.2, -0.15) is 5.26 Å². The molecular formula is C15H22ClN3O. The van der Waals surface area contributed by atoms with Crippen LogP contribution in [0.4, 0.5) is 0 Å². The van der Waals surface area contributed by atoms with Crippen LogP contribution in [0.2, 0.25) is 0 Å². The van der Waals surface area contributed by atoms with E-state index in [2.05, 4.69) is 24.5 Å². The molecule has 20 heavy (non-hydrogen) atoms. The molecule has 0 aromatic heterocycles. The largest absolute Gasteiger partial charge is 0.389 e. The van der Waals surface area contributed by atoms with Gasteiger partial charge in [-0.25, -0.2) is 0 Å². The van der Waals surface area contributed by atoms with Crippen LogP contribution < -0.4 is 5.73 Å². The number of rotatable bonds is 4. The molecule has 1 rings (SSSR count). The first-order valence-electron chi connectivity index (χ1n) is 6.57. The highest BCUT2D eigenvalue weighted by Crippen LogP contribution is 2.29. The van der Waals surface area contributed by atoms with Crippen molar-refractivity contribution in [1.82, 2.24) is 4.90 Å². The van der Waals surface area contributed by atoms with Crippen molar-refractivity contribution in [2.24, 2.45) is 11.1 Å². The standard InChI is InChI=1S/C15H22ClN3O/c1-11(19-5-6-20-9-12(19)2)7-13(8-14(16)18)15(3,4)10-17/h7-8,12H,1,5-6,9,18H2,2-4H3/b13-7+,14-8-/t12-/m1/s1. The minimum atomic E-state index is -0.683. The zero-order valence-electron chi connectivity index (χ0n) is 12.3. The molecule has 110 valence electrons. The fourth-order valence-electron chi connectivity index (χ4n) is 2.03. The maximum absolute atomic E-state index is 9.29. The highest BCUT2D eigenvalue weighted by molar-refractivity contribution is 6.29. The molecule has 1 heterocycles. The first kappa shape index (κ1) is 16.6. The summed E-state index contributed by atoms with van der Waals surface area (Å²) in [5, 5.41) is 9.44. The molecule has 0 spiro atoms. The molecule has 1 atom stereocenters. The molecule has 0 aromatic rings. The Morgan fingerprint density at radius 1 is 1.55 bits per heavy atom. The molecule has 1 aliphatic heterocycles. The van der Waals surface area contributed by atoms with Crippen LogP contribution in [0.15, 0.2) is 35.2 Å². The van der Waals surface area contributed by atoms with Crippen molar-refractivity contribution in [1.29, 1.82) is 5.26 Å². The molecule has 2 N–H and O–H groups in total. The first-order chi connectivity index (χ1) is 9.27. The lowest BCUT2D eigenvalue weighted by molar-refractivity contribution is 0.0190. The highest BCUT2D eigenvalue weighted by atomic mass is 35.5. The summed E-state index contributed by atoms with van der Waals surface area (Å²) in [4.78, 5) is 2.16. The summed E-state index contributed by atoms with van der Waals surface area (Å²) in [6, 6.07) is 2.52. The van der Waals surface area contributed by atoms with Crippen molar-refractivity contribution in [3.8, 4) is 6.07 Å². The summed E-state index contributed by atoms with van der Waals surface area (Å²) in [6.07, 6.45) is 3.49. The fraction of sp³-hybridized carbons (Fsp3) is 0.533. The number of halogens is 1. The smallest absolute Gasteiger partial charge is 0.0995 e. The van der Waals surface area contributed by atoms with Crippen molar-refractivity contribution in [3.05, 3.63) is 35.2 Å². The van der Waals surface area contributed by atoms with Gasteiger partial charge in [0.2, 0.25) is 0 Å². The Morgan fingerprint density at radius 3 is 2.70 bits per heavy atom. The van der Waals surface area contributed by atoms with E-state index in [0.29, 0.717) is 13.2 Å². The van der Waals surface area contributed by atoms with E-state index in [1.165, 1.54) is 0 Å². The summed E-state index contributed by atoms with van der Waals surface area (Å²) in [5.74, 6) is 0. The van der Waals surface area contributed by atoms with Crippen LogP contribution in [0.1, 0.15) is 20.8 Å². The minimum Gasteiger partial charge on any atom is -0.389 e. The average molecular weight is 296 g/mol. The predicted molar refractivity (Wildman–Crippen MR) is 81.7 cm³/mol. The average Bonchev–Trinajstić information content (AvgIpc) is 2.37. The van der Waals surface area contributed by atoms with Gasteiger partial charge < -0.3 is 15.4 Å².